The van der Waals surface area contributed by atoms with Crippen LogP contribution in [0.25, 0.3) is 0 Å². The van der Waals surface area contributed by atoms with Gasteiger partial charge in [0.25, 0.3) is 0 Å². The smallest absolute Gasteiger partial charge is 0.191 e. The van der Waals surface area contributed by atoms with E-state index < -0.39 is 5.82 Å². The van der Waals surface area contributed by atoms with E-state index in [1.54, 1.807) is 37.6 Å². The first-order chi connectivity index (χ1) is 13.1. The van der Waals surface area contributed by atoms with Gasteiger partial charge in [0, 0.05) is 31.1 Å². The zero-order valence-corrected chi connectivity index (χ0v) is 19.2. The molecule has 1 aromatic heterocycles. The van der Waals surface area contributed by atoms with Crippen molar-refractivity contribution in [2.24, 2.45) is 4.99 Å². The second-order valence-corrected chi connectivity index (χ2v) is 8.42. The maximum Gasteiger partial charge on any atom is 0.191 e. The minimum absolute atomic E-state index is 0. The lowest BCUT2D eigenvalue weighted by Gasteiger charge is -2.24. The number of ether oxygens (including phenoxy) is 1. The molecule has 1 aliphatic rings. The number of halogens is 2. The van der Waals surface area contributed by atoms with Crippen molar-refractivity contribution in [3.63, 3.8) is 0 Å². The third kappa shape index (κ3) is 6.51. The van der Waals surface area contributed by atoms with Gasteiger partial charge >= 0.3 is 0 Å². The van der Waals surface area contributed by atoms with Gasteiger partial charge in [0.2, 0.25) is 0 Å². The van der Waals surface area contributed by atoms with Crippen molar-refractivity contribution in [2.75, 3.05) is 19.3 Å². The highest BCUT2D eigenvalue weighted by molar-refractivity contribution is 14.0. The number of aliphatic imine (C=N–C) groups is 1. The van der Waals surface area contributed by atoms with Gasteiger partial charge in [-0.15, -0.1) is 24.0 Å². The molecule has 0 radical (unpaired) electrons. The van der Waals surface area contributed by atoms with E-state index in [9.17, 15) is 4.39 Å². The average Bonchev–Trinajstić information content (AvgIpc) is 3.11. The van der Waals surface area contributed by atoms with E-state index in [-0.39, 0.29) is 34.5 Å². The van der Waals surface area contributed by atoms with Gasteiger partial charge in [0.05, 0.1) is 6.20 Å². The first kappa shape index (κ1) is 22.7. The highest BCUT2D eigenvalue weighted by Gasteiger charge is 2.29. The van der Waals surface area contributed by atoms with E-state index in [4.69, 9.17) is 4.74 Å². The van der Waals surface area contributed by atoms with Crippen LogP contribution < -0.4 is 15.4 Å². The number of hydrogen-bond donors (Lipinski definition) is 2. The van der Waals surface area contributed by atoms with Crippen LogP contribution in [0, 0.1) is 5.82 Å². The first-order valence-electron chi connectivity index (χ1n) is 9.03. The highest BCUT2D eigenvalue weighted by atomic mass is 127. The summed E-state index contributed by atoms with van der Waals surface area (Å²) >= 11 is 2.00. The number of rotatable bonds is 6. The van der Waals surface area contributed by atoms with Crippen LogP contribution in [0.1, 0.15) is 25.3 Å². The van der Waals surface area contributed by atoms with Crippen molar-refractivity contribution >= 4 is 41.7 Å². The van der Waals surface area contributed by atoms with Gasteiger partial charge < -0.3 is 15.4 Å². The van der Waals surface area contributed by atoms with Crippen molar-refractivity contribution in [2.45, 2.75) is 31.1 Å². The summed E-state index contributed by atoms with van der Waals surface area (Å²) in [6, 6.07) is 8.42. The van der Waals surface area contributed by atoms with Crippen LogP contribution in [-0.4, -0.2) is 35.0 Å². The normalized spacial score (nSPS) is 19.0. The summed E-state index contributed by atoms with van der Waals surface area (Å²) in [5.74, 6) is 2.22. The Morgan fingerprint density at radius 2 is 2.21 bits per heavy atom. The molecular formula is C20H26FIN4OS. The van der Waals surface area contributed by atoms with Crippen LogP contribution >= 0.6 is 35.7 Å². The third-order valence-electron chi connectivity index (χ3n) is 4.47. The second-order valence-electron chi connectivity index (χ2n) is 6.74. The Kier molecular flexibility index (Phi) is 8.81. The monoisotopic (exact) mass is 516 g/mol. The fourth-order valence-electron chi connectivity index (χ4n) is 2.92. The molecular weight excluding hydrogens is 490 g/mol. The fourth-order valence-corrected chi connectivity index (χ4v) is 4.17. The number of aromatic nitrogens is 1. The lowest BCUT2D eigenvalue weighted by Crippen LogP contribution is -2.43. The summed E-state index contributed by atoms with van der Waals surface area (Å²) in [6.45, 7) is 3.62. The fraction of sp³-hybridized carbons (Fsp3) is 0.400. The van der Waals surface area contributed by atoms with Crippen LogP contribution in [0.4, 0.5) is 4.39 Å². The molecule has 1 aliphatic heterocycles. The summed E-state index contributed by atoms with van der Waals surface area (Å²) in [4.78, 5) is 8.21. The Balaban J connectivity index is 0.00000280. The van der Waals surface area contributed by atoms with Gasteiger partial charge in [0.1, 0.15) is 5.75 Å². The largest absolute Gasteiger partial charge is 0.453 e. The number of thioether (sulfide) groups is 1. The quantitative estimate of drug-likeness (QED) is 0.335. The van der Waals surface area contributed by atoms with E-state index in [1.807, 2.05) is 17.8 Å². The van der Waals surface area contributed by atoms with Crippen molar-refractivity contribution in [3.8, 4) is 11.5 Å². The van der Waals surface area contributed by atoms with Crippen LogP contribution in [0.15, 0.2) is 47.7 Å². The van der Waals surface area contributed by atoms with Crippen molar-refractivity contribution in [3.05, 3.63) is 54.1 Å². The number of nitrogens with one attached hydrogen (secondary N) is 2. The van der Waals surface area contributed by atoms with E-state index in [0.29, 0.717) is 12.3 Å². The molecule has 5 nitrogen and oxygen atoms in total. The minimum atomic E-state index is -0.407. The maximum absolute atomic E-state index is 14.3. The molecule has 152 valence electrons. The summed E-state index contributed by atoms with van der Waals surface area (Å²) in [5.41, 5.74) is 0.815. The van der Waals surface area contributed by atoms with Crippen molar-refractivity contribution in [1.29, 1.82) is 0 Å². The Hall–Kier alpha value is -1.55. The molecule has 0 bridgehead atoms. The number of benzene rings is 1. The van der Waals surface area contributed by atoms with Crippen molar-refractivity contribution in [1.82, 2.24) is 15.6 Å². The van der Waals surface area contributed by atoms with Crippen LogP contribution in [0.5, 0.6) is 11.5 Å². The molecule has 2 aromatic rings. The average molecular weight is 516 g/mol. The molecule has 2 N–H and O–H groups in total. The van der Waals surface area contributed by atoms with Gasteiger partial charge in [-0.05, 0) is 55.3 Å². The molecule has 1 unspecified atom stereocenters. The van der Waals surface area contributed by atoms with E-state index in [2.05, 4.69) is 27.5 Å². The zero-order valence-electron chi connectivity index (χ0n) is 16.1. The number of nitrogens with zero attached hydrogens (tertiary/aromatic N) is 2. The SMILES string of the molecule is CN=C(NCc1ccc(Oc2cccnc2)c(F)c1)NCC1(C)CCCS1.I. The number of guanidine groups is 1. The predicted octanol–water partition coefficient (Wildman–Crippen LogP) is 4.58. The zero-order chi connectivity index (χ0) is 19.1. The van der Waals surface area contributed by atoms with E-state index in [1.165, 1.54) is 24.7 Å². The summed E-state index contributed by atoms with van der Waals surface area (Å²) in [7, 11) is 1.74. The Morgan fingerprint density at radius 3 is 2.86 bits per heavy atom. The second kappa shape index (κ2) is 10.8. The summed E-state index contributed by atoms with van der Waals surface area (Å²) < 4.78 is 20.1. The first-order valence-corrected chi connectivity index (χ1v) is 10.0. The molecule has 1 aromatic carbocycles. The van der Waals surface area contributed by atoms with Gasteiger partial charge in [-0.25, -0.2) is 4.39 Å². The highest BCUT2D eigenvalue weighted by Crippen LogP contribution is 2.36. The number of pyridine rings is 1. The molecule has 8 heteroatoms. The summed E-state index contributed by atoms with van der Waals surface area (Å²) in [5, 5.41) is 6.61. The van der Waals surface area contributed by atoms with Crippen LogP contribution in [-0.2, 0) is 6.54 Å². The molecule has 0 spiro atoms. The number of hydrogen-bond acceptors (Lipinski definition) is 4. The third-order valence-corrected chi connectivity index (χ3v) is 6.01. The maximum atomic E-state index is 14.3. The Morgan fingerprint density at radius 1 is 1.36 bits per heavy atom. The molecule has 1 fully saturated rings. The predicted molar refractivity (Wildman–Crippen MR) is 124 cm³/mol. The van der Waals surface area contributed by atoms with E-state index in [0.717, 1.165) is 18.1 Å². The van der Waals surface area contributed by atoms with Crippen LogP contribution in [0.3, 0.4) is 0 Å². The lowest BCUT2D eigenvalue weighted by molar-refractivity contribution is 0.440. The molecule has 0 amide bonds. The standard InChI is InChI=1S/C20H25FN4OS.HI/c1-20(8-4-10-27-20)14-25-19(22-2)24-12-15-6-7-18(17(21)11-15)26-16-5-3-9-23-13-16;/h3,5-7,9,11,13H,4,8,10,12,14H2,1-2H3,(H2,22,24,25);1H. The molecule has 2 heterocycles. The Labute approximate surface area is 187 Å². The van der Waals surface area contributed by atoms with Gasteiger partial charge in [-0.1, -0.05) is 6.07 Å². The minimum Gasteiger partial charge on any atom is -0.453 e. The van der Waals surface area contributed by atoms with Crippen molar-refractivity contribution < 1.29 is 9.13 Å². The molecule has 0 aliphatic carbocycles. The summed E-state index contributed by atoms with van der Waals surface area (Å²) in [6.07, 6.45) is 5.67. The molecule has 3 rings (SSSR count). The van der Waals surface area contributed by atoms with Gasteiger partial charge in [0.15, 0.2) is 17.5 Å². The lowest BCUT2D eigenvalue weighted by atomic mass is 10.1. The molecule has 1 atom stereocenters. The molecule has 0 saturated carbocycles. The molecule has 28 heavy (non-hydrogen) atoms. The van der Waals surface area contributed by atoms with Crippen LogP contribution in [0.2, 0.25) is 0 Å². The topological polar surface area (TPSA) is 58.5 Å². The molecule has 1 saturated heterocycles. The Bertz CT molecular complexity index is 785. The van der Waals surface area contributed by atoms with Gasteiger partial charge in [-0.3, -0.25) is 9.98 Å². The van der Waals surface area contributed by atoms with E-state index >= 15 is 0 Å². The van der Waals surface area contributed by atoms with Gasteiger partial charge in [-0.2, -0.15) is 11.8 Å².